The predicted octanol–water partition coefficient (Wildman–Crippen LogP) is 2.47. The lowest BCUT2D eigenvalue weighted by Crippen LogP contribution is -2.40. The second kappa shape index (κ2) is 7.04. The first kappa shape index (κ1) is 14.5. The van der Waals surface area contributed by atoms with Crippen LogP contribution in [-0.4, -0.2) is 23.9 Å². The van der Waals surface area contributed by atoms with Crippen molar-refractivity contribution < 1.29 is 9.84 Å². The van der Waals surface area contributed by atoms with Gasteiger partial charge in [-0.25, -0.2) is 0 Å². The van der Waals surface area contributed by atoms with Gasteiger partial charge in [0.15, 0.2) is 0 Å². The minimum Gasteiger partial charge on any atom is -0.392 e. The van der Waals surface area contributed by atoms with E-state index in [2.05, 4.69) is 31.3 Å². The lowest BCUT2D eigenvalue weighted by molar-refractivity contribution is -0.0245. The van der Waals surface area contributed by atoms with Crippen molar-refractivity contribution in [2.45, 2.75) is 52.0 Å². The standard InChI is InChI=1S/C16H25NO2/c1-12(2)16-9-15(7-8-19-16)17-10-13-3-5-14(11-18)6-4-13/h3-6,12,15-18H,7-11H2,1-2H3. The van der Waals surface area contributed by atoms with Crippen LogP contribution in [0.25, 0.3) is 0 Å². The summed E-state index contributed by atoms with van der Waals surface area (Å²) in [6.07, 6.45) is 2.59. The van der Waals surface area contributed by atoms with Crippen LogP contribution < -0.4 is 5.32 Å². The van der Waals surface area contributed by atoms with Crippen LogP contribution in [0.5, 0.6) is 0 Å². The van der Waals surface area contributed by atoms with Crippen molar-refractivity contribution in [1.29, 1.82) is 0 Å². The first-order chi connectivity index (χ1) is 9.19. The monoisotopic (exact) mass is 263 g/mol. The quantitative estimate of drug-likeness (QED) is 0.857. The fraction of sp³-hybridized carbons (Fsp3) is 0.625. The SMILES string of the molecule is CC(C)C1CC(NCc2ccc(CO)cc2)CCO1. The molecule has 2 atom stereocenters. The van der Waals surface area contributed by atoms with Gasteiger partial charge in [-0.3, -0.25) is 0 Å². The third-order valence-corrected chi connectivity index (χ3v) is 3.86. The molecule has 1 aliphatic heterocycles. The Bertz CT molecular complexity index is 375. The van der Waals surface area contributed by atoms with Gasteiger partial charge < -0.3 is 15.2 Å². The van der Waals surface area contributed by atoms with Crippen molar-refractivity contribution in [1.82, 2.24) is 5.32 Å². The van der Waals surface area contributed by atoms with E-state index in [0.29, 0.717) is 18.1 Å². The molecular formula is C16H25NO2. The van der Waals surface area contributed by atoms with E-state index in [0.717, 1.165) is 31.6 Å². The van der Waals surface area contributed by atoms with E-state index in [1.807, 2.05) is 12.1 Å². The summed E-state index contributed by atoms with van der Waals surface area (Å²) in [4.78, 5) is 0. The number of hydrogen-bond donors (Lipinski definition) is 2. The molecule has 1 heterocycles. The lowest BCUT2D eigenvalue weighted by Gasteiger charge is -2.32. The van der Waals surface area contributed by atoms with E-state index in [4.69, 9.17) is 9.84 Å². The Labute approximate surface area is 116 Å². The lowest BCUT2D eigenvalue weighted by atomic mass is 9.95. The van der Waals surface area contributed by atoms with Gasteiger partial charge in [-0.15, -0.1) is 0 Å². The first-order valence-corrected chi connectivity index (χ1v) is 7.22. The fourth-order valence-corrected chi connectivity index (χ4v) is 2.50. The molecule has 0 amide bonds. The van der Waals surface area contributed by atoms with E-state index < -0.39 is 0 Å². The Kier molecular flexibility index (Phi) is 5.37. The van der Waals surface area contributed by atoms with E-state index >= 15 is 0 Å². The molecule has 1 fully saturated rings. The largest absolute Gasteiger partial charge is 0.392 e. The Morgan fingerprint density at radius 3 is 2.58 bits per heavy atom. The molecule has 19 heavy (non-hydrogen) atoms. The molecule has 0 aromatic heterocycles. The van der Waals surface area contributed by atoms with Crippen molar-refractivity contribution in [3.63, 3.8) is 0 Å². The molecule has 0 bridgehead atoms. The van der Waals surface area contributed by atoms with Gasteiger partial charge in [-0.1, -0.05) is 38.1 Å². The van der Waals surface area contributed by atoms with E-state index in [1.54, 1.807) is 0 Å². The minimum atomic E-state index is 0.115. The number of hydrogen-bond acceptors (Lipinski definition) is 3. The van der Waals surface area contributed by atoms with Crippen molar-refractivity contribution in [3.8, 4) is 0 Å². The normalized spacial score (nSPS) is 23.8. The second-order valence-corrected chi connectivity index (χ2v) is 5.73. The maximum Gasteiger partial charge on any atom is 0.0681 e. The fourth-order valence-electron chi connectivity index (χ4n) is 2.50. The van der Waals surface area contributed by atoms with E-state index in [1.165, 1.54) is 5.56 Å². The summed E-state index contributed by atoms with van der Waals surface area (Å²) in [5, 5.41) is 12.6. The van der Waals surface area contributed by atoms with Crippen molar-refractivity contribution >= 4 is 0 Å². The maximum absolute atomic E-state index is 9.01. The highest BCUT2D eigenvalue weighted by Crippen LogP contribution is 2.20. The molecule has 1 aromatic carbocycles. The first-order valence-electron chi connectivity index (χ1n) is 7.22. The van der Waals surface area contributed by atoms with Gasteiger partial charge in [-0.05, 0) is 29.9 Å². The molecule has 3 heteroatoms. The summed E-state index contributed by atoms with van der Waals surface area (Å²) >= 11 is 0. The predicted molar refractivity (Wildman–Crippen MR) is 76.8 cm³/mol. The highest BCUT2D eigenvalue weighted by molar-refractivity contribution is 5.21. The summed E-state index contributed by atoms with van der Waals surface area (Å²) in [7, 11) is 0. The number of rotatable bonds is 5. The second-order valence-electron chi connectivity index (χ2n) is 5.73. The molecule has 0 saturated carbocycles. The molecule has 2 rings (SSSR count). The van der Waals surface area contributed by atoms with Crippen LogP contribution in [0.15, 0.2) is 24.3 Å². The zero-order chi connectivity index (χ0) is 13.7. The Morgan fingerprint density at radius 1 is 1.26 bits per heavy atom. The molecule has 0 radical (unpaired) electrons. The highest BCUT2D eigenvalue weighted by atomic mass is 16.5. The summed E-state index contributed by atoms with van der Waals surface area (Å²) in [5.41, 5.74) is 2.24. The van der Waals surface area contributed by atoms with Crippen LogP contribution in [0.3, 0.4) is 0 Å². The smallest absolute Gasteiger partial charge is 0.0681 e. The molecule has 3 nitrogen and oxygen atoms in total. The van der Waals surface area contributed by atoms with Gasteiger partial charge in [0.25, 0.3) is 0 Å². The van der Waals surface area contributed by atoms with Gasteiger partial charge in [0.2, 0.25) is 0 Å². The molecule has 0 aliphatic carbocycles. The molecule has 0 spiro atoms. The summed E-state index contributed by atoms with van der Waals surface area (Å²) in [6, 6.07) is 8.68. The van der Waals surface area contributed by atoms with Crippen LogP contribution in [0.1, 0.15) is 37.8 Å². The third-order valence-electron chi connectivity index (χ3n) is 3.86. The van der Waals surface area contributed by atoms with Gasteiger partial charge in [-0.2, -0.15) is 0 Å². The van der Waals surface area contributed by atoms with Crippen LogP contribution in [0.4, 0.5) is 0 Å². The van der Waals surface area contributed by atoms with Crippen LogP contribution >= 0.6 is 0 Å². The van der Waals surface area contributed by atoms with Crippen molar-refractivity contribution in [3.05, 3.63) is 35.4 Å². The van der Waals surface area contributed by atoms with Crippen molar-refractivity contribution in [2.24, 2.45) is 5.92 Å². The van der Waals surface area contributed by atoms with Gasteiger partial charge in [0.05, 0.1) is 12.7 Å². The molecule has 1 aliphatic rings. The van der Waals surface area contributed by atoms with Crippen LogP contribution in [0.2, 0.25) is 0 Å². The molecule has 1 saturated heterocycles. The average Bonchev–Trinajstić information content (AvgIpc) is 2.46. The average molecular weight is 263 g/mol. The molecule has 2 unspecified atom stereocenters. The maximum atomic E-state index is 9.01. The molecule has 106 valence electrons. The molecule has 2 N–H and O–H groups in total. The molecule has 1 aromatic rings. The van der Waals surface area contributed by atoms with Crippen LogP contribution in [0, 0.1) is 5.92 Å². The van der Waals surface area contributed by atoms with E-state index in [9.17, 15) is 0 Å². The summed E-state index contributed by atoms with van der Waals surface area (Å²) < 4.78 is 5.78. The number of aliphatic hydroxyl groups is 1. The van der Waals surface area contributed by atoms with E-state index in [-0.39, 0.29) is 6.61 Å². The van der Waals surface area contributed by atoms with Crippen LogP contribution in [-0.2, 0) is 17.9 Å². The number of benzene rings is 1. The summed E-state index contributed by atoms with van der Waals surface area (Å²) in [6.45, 7) is 6.32. The van der Waals surface area contributed by atoms with Crippen molar-refractivity contribution in [2.75, 3.05) is 6.61 Å². The highest BCUT2D eigenvalue weighted by Gasteiger charge is 2.24. The topological polar surface area (TPSA) is 41.5 Å². The molecular weight excluding hydrogens is 238 g/mol. The minimum absolute atomic E-state index is 0.115. The Morgan fingerprint density at radius 2 is 1.95 bits per heavy atom. The van der Waals surface area contributed by atoms with Gasteiger partial charge in [0, 0.05) is 19.2 Å². The van der Waals surface area contributed by atoms with Gasteiger partial charge in [0.1, 0.15) is 0 Å². The number of nitrogens with one attached hydrogen (secondary N) is 1. The van der Waals surface area contributed by atoms with Gasteiger partial charge >= 0.3 is 0 Å². The number of ether oxygens (including phenoxy) is 1. The zero-order valence-corrected chi connectivity index (χ0v) is 11.9. The Balaban J connectivity index is 1.80. The Hall–Kier alpha value is -0.900. The third kappa shape index (κ3) is 4.30. The number of aliphatic hydroxyl groups excluding tert-OH is 1. The zero-order valence-electron chi connectivity index (χ0n) is 11.9. The summed E-state index contributed by atoms with van der Waals surface area (Å²) in [5.74, 6) is 0.591.